The molecule has 0 saturated carbocycles. The van der Waals surface area contributed by atoms with Crippen molar-refractivity contribution >= 4 is 21.2 Å². The van der Waals surface area contributed by atoms with Crippen molar-refractivity contribution in [3.05, 3.63) is 0 Å². The van der Waals surface area contributed by atoms with Crippen molar-refractivity contribution in [1.82, 2.24) is 5.06 Å². The number of nitrogens with zero attached hydrogens (tertiary/aromatic N) is 1. The van der Waals surface area contributed by atoms with Gasteiger partial charge in [0, 0.05) is 13.1 Å². The summed E-state index contributed by atoms with van der Waals surface area (Å²) in [5, 5.41) is 9.43. The van der Waals surface area contributed by atoms with E-state index in [9.17, 15) is 12.6 Å². The Balaban J connectivity index is 3.64. The molecule has 80 valence electrons. The predicted molar refractivity (Wildman–Crippen MR) is 45.4 cm³/mol. The molecule has 0 aliphatic rings. The summed E-state index contributed by atoms with van der Waals surface area (Å²) in [6.45, 7) is -0.422. The molecule has 0 aromatic heterocycles. The molecule has 3 N–H and O–H groups in total. The van der Waals surface area contributed by atoms with Gasteiger partial charge in [0.1, 0.15) is 0 Å². The van der Waals surface area contributed by atoms with E-state index in [-0.39, 0.29) is 18.8 Å². The van der Waals surface area contributed by atoms with Crippen LogP contribution in [0.25, 0.3) is 0 Å². The highest BCUT2D eigenvalue weighted by molar-refractivity contribution is 7.85. The monoisotopic (exact) mass is 233 g/mol. The summed E-state index contributed by atoms with van der Waals surface area (Å²) in [5.74, 6) is -0.788. The standard InChI is InChI=1S/C4H11NO6S2/c6-5(1-3-12(7)8)2-4-13(9,10)11/h6H,1-4H2,(H,7,8)(H,9,10,11). The number of hydrogen-bond donors (Lipinski definition) is 3. The van der Waals surface area contributed by atoms with Crippen LogP contribution in [0.1, 0.15) is 0 Å². The molecular formula is C4H11NO6S2. The molecule has 0 heterocycles. The molecule has 0 radical (unpaired) electrons. The molecule has 9 heteroatoms. The van der Waals surface area contributed by atoms with Gasteiger partial charge in [-0.2, -0.15) is 13.5 Å². The zero-order valence-corrected chi connectivity index (χ0v) is 8.29. The van der Waals surface area contributed by atoms with Crippen molar-refractivity contribution in [1.29, 1.82) is 0 Å². The van der Waals surface area contributed by atoms with E-state index in [1.165, 1.54) is 0 Å². The van der Waals surface area contributed by atoms with Gasteiger partial charge in [-0.3, -0.25) is 4.55 Å². The number of hydroxylamine groups is 2. The van der Waals surface area contributed by atoms with Crippen molar-refractivity contribution in [2.24, 2.45) is 0 Å². The van der Waals surface area contributed by atoms with Crippen LogP contribution in [0.3, 0.4) is 0 Å². The second-order valence-electron chi connectivity index (χ2n) is 2.27. The first-order valence-corrected chi connectivity index (χ1v) is 6.16. The summed E-state index contributed by atoms with van der Waals surface area (Å²) < 4.78 is 47.0. The Kier molecular flexibility index (Phi) is 5.60. The maximum atomic E-state index is 10.2. The highest BCUT2D eigenvalue weighted by Crippen LogP contribution is 1.87. The first-order chi connectivity index (χ1) is 5.81. The second-order valence-corrected chi connectivity index (χ2v) is 4.89. The van der Waals surface area contributed by atoms with Gasteiger partial charge in [0.15, 0.2) is 11.1 Å². The largest absolute Gasteiger partial charge is 0.314 e. The summed E-state index contributed by atoms with van der Waals surface area (Å²) in [6.07, 6.45) is 0. The molecule has 0 bridgehead atoms. The second kappa shape index (κ2) is 5.62. The molecular weight excluding hydrogens is 222 g/mol. The molecule has 0 aliphatic carbocycles. The van der Waals surface area contributed by atoms with Crippen LogP contribution in [0.5, 0.6) is 0 Å². The minimum atomic E-state index is -4.10. The SMILES string of the molecule is O=S(O)CCN(O)CCS(=O)(=O)O. The maximum absolute atomic E-state index is 10.2. The lowest BCUT2D eigenvalue weighted by atomic mass is 10.6. The molecule has 7 nitrogen and oxygen atoms in total. The minimum Gasteiger partial charge on any atom is -0.314 e. The lowest BCUT2D eigenvalue weighted by molar-refractivity contribution is -0.0800. The molecule has 1 atom stereocenters. The van der Waals surface area contributed by atoms with Crippen LogP contribution in [-0.4, -0.2) is 56.6 Å². The van der Waals surface area contributed by atoms with Crippen molar-refractivity contribution in [3.8, 4) is 0 Å². The topological polar surface area (TPSA) is 115 Å². The number of rotatable bonds is 6. The average molecular weight is 233 g/mol. The maximum Gasteiger partial charge on any atom is 0.266 e. The molecule has 0 fully saturated rings. The zero-order valence-electron chi connectivity index (χ0n) is 6.66. The Bertz CT molecular complexity index is 262. The minimum absolute atomic E-state index is 0.126. The zero-order chi connectivity index (χ0) is 10.5. The lowest BCUT2D eigenvalue weighted by Gasteiger charge is -2.11. The summed E-state index contributed by atoms with van der Waals surface area (Å²) in [6, 6.07) is 0. The Morgan fingerprint density at radius 2 is 1.85 bits per heavy atom. The molecule has 1 unspecified atom stereocenters. The fourth-order valence-corrected chi connectivity index (χ4v) is 1.32. The van der Waals surface area contributed by atoms with Crippen LogP contribution in [0.4, 0.5) is 0 Å². The fourth-order valence-electron chi connectivity index (χ4n) is 0.516. The molecule has 0 spiro atoms. The van der Waals surface area contributed by atoms with E-state index in [1.54, 1.807) is 0 Å². The predicted octanol–water partition coefficient (Wildman–Crippen LogP) is -1.21. The normalized spacial score (nSPS) is 14.8. The van der Waals surface area contributed by atoms with Gasteiger partial charge in [0.05, 0.1) is 11.5 Å². The van der Waals surface area contributed by atoms with Gasteiger partial charge >= 0.3 is 0 Å². The third-order valence-electron chi connectivity index (χ3n) is 1.13. The Morgan fingerprint density at radius 3 is 2.23 bits per heavy atom. The summed E-state index contributed by atoms with van der Waals surface area (Å²) >= 11 is -2.02. The Hall–Kier alpha value is -0.0600. The van der Waals surface area contributed by atoms with Gasteiger partial charge in [0.25, 0.3) is 10.1 Å². The van der Waals surface area contributed by atoms with Gasteiger partial charge in [-0.1, -0.05) is 0 Å². The van der Waals surface area contributed by atoms with Crippen LogP contribution in [0, 0.1) is 0 Å². The highest BCUT2D eigenvalue weighted by atomic mass is 32.2. The van der Waals surface area contributed by atoms with Crippen LogP contribution in [0.2, 0.25) is 0 Å². The summed E-state index contributed by atoms with van der Waals surface area (Å²) in [7, 11) is -4.10. The smallest absolute Gasteiger partial charge is 0.266 e. The van der Waals surface area contributed by atoms with Crippen LogP contribution >= 0.6 is 0 Å². The lowest BCUT2D eigenvalue weighted by Crippen LogP contribution is -2.29. The quantitative estimate of drug-likeness (QED) is 0.299. The highest BCUT2D eigenvalue weighted by Gasteiger charge is 2.08. The first-order valence-electron chi connectivity index (χ1n) is 3.27. The van der Waals surface area contributed by atoms with Gasteiger partial charge in [-0.05, 0) is 0 Å². The van der Waals surface area contributed by atoms with E-state index in [0.717, 1.165) is 0 Å². The molecule has 0 amide bonds. The molecule has 0 rings (SSSR count). The van der Waals surface area contributed by atoms with E-state index in [2.05, 4.69) is 0 Å². The molecule has 0 saturated heterocycles. The van der Waals surface area contributed by atoms with Crippen molar-refractivity contribution in [2.75, 3.05) is 24.6 Å². The van der Waals surface area contributed by atoms with Crippen molar-refractivity contribution in [3.63, 3.8) is 0 Å². The van der Waals surface area contributed by atoms with Crippen LogP contribution < -0.4 is 0 Å². The first kappa shape index (κ1) is 12.9. The van der Waals surface area contributed by atoms with Gasteiger partial charge in [0.2, 0.25) is 0 Å². The van der Waals surface area contributed by atoms with E-state index < -0.39 is 27.0 Å². The Morgan fingerprint density at radius 1 is 1.31 bits per heavy atom. The Labute approximate surface area is 78.3 Å². The number of hydrogen-bond acceptors (Lipinski definition) is 5. The molecule has 0 aliphatic heterocycles. The fraction of sp³-hybridized carbons (Fsp3) is 1.00. The van der Waals surface area contributed by atoms with E-state index in [1.807, 2.05) is 0 Å². The van der Waals surface area contributed by atoms with Crippen molar-refractivity contribution in [2.45, 2.75) is 0 Å². The average Bonchev–Trinajstić information content (AvgIpc) is 1.95. The van der Waals surface area contributed by atoms with Gasteiger partial charge < -0.3 is 9.76 Å². The van der Waals surface area contributed by atoms with E-state index in [0.29, 0.717) is 5.06 Å². The van der Waals surface area contributed by atoms with Gasteiger partial charge in [-0.25, -0.2) is 4.21 Å². The molecule has 0 aromatic rings. The van der Waals surface area contributed by atoms with E-state index in [4.69, 9.17) is 14.3 Å². The molecule has 0 aromatic carbocycles. The summed E-state index contributed by atoms with van der Waals surface area (Å²) in [5.41, 5.74) is 0. The molecule has 13 heavy (non-hydrogen) atoms. The van der Waals surface area contributed by atoms with E-state index >= 15 is 0 Å². The van der Waals surface area contributed by atoms with Crippen LogP contribution in [-0.2, 0) is 21.2 Å². The van der Waals surface area contributed by atoms with Gasteiger partial charge in [-0.15, -0.1) is 0 Å². The third-order valence-corrected chi connectivity index (χ3v) is 2.36. The third kappa shape index (κ3) is 9.86. The van der Waals surface area contributed by atoms with Crippen molar-refractivity contribution < 1.29 is 26.9 Å². The summed E-state index contributed by atoms with van der Waals surface area (Å²) in [4.78, 5) is 0. The van der Waals surface area contributed by atoms with Crippen LogP contribution in [0.15, 0.2) is 0 Å².